The van der Waals surface area contributed by atoms with Gasteiger partial charge in [0.2, 0.25) is 5.56 Å². The van der Waals surface area contributed by atoms with Crippen molar-refractivity contribution in [3.63, 3.8) is 0 Å². The SMILES string of the molecule is CCOC(=O)c1cc2n(n1)CC(C)N(C(=O)c1ccc3c(C)cc(=O)[nH]c3c1)C2. The number of nitrogens with zero attached hydrogens (tertiary/aromatic N) is 3. The number of aromatic amines is 1. The van der Waals surface area contributed by atoms with Gasteiger partial charge in [0.25, 0.3) is 5.91 Å². The van der Waals surface area contributed by atoms with Crippen LogP contribution in [0.5, 0.6) is 0 Å². The van der Waals surface area contributed by atoms with Crippen molar-refractivity contribution in [3.8, 4) is 0 Å². The number of carbonyl (C=O) groups is 2. The average molecular weight is 394 g/mol. The molecule has 1 aromatic carbocycles. The molecule has 1 atom stereocenters. The molecule has 8 nitrogen and oxygen atoms in total. The summed E-state index contributed by atoms with van der Waals surface area (Å²) in [5, 5.41) is 5.22. The Morgan fingerprint density at radius 3 is 2.83 bits per heavy atom. The molecular weight excluding hydrogens is 372 g/mol. The van der Waals surface area contributed by atoms with Crippen LogP contribution in [-0.2, 0) is 17.8 Å². The van der Waals surface area contributed by atoms with Crippen LogP contribution in [0.4, 0.5) is 0 Å². The van der Waals surface area contributed by atoms with Crippen molar-refractivity contribution in [2.75, 3.05) is 6.61 Å². The third-order valence-corrected chi connectivity index (χ3v) is 5.21. The van der Waals surface area contributed by atoms with Crippen molar-refractivity contribution in [1.82, 2.24) is 19.7 Å². The summed E-state index contributed by atoms with van der Waals surface area (Å²) in [4.78, 5) is 41.5. The van der Waals surface area contributed by atoms with Gasteiger partial charge in [-0.3, -0.25) is 14.3 Å². The summed E-state index contributed by atoms with van der Waals surface area (Å²) in [7, 11) is 0. The number of aryl methyl sites for hydroxylation is 1. The molecule has 1 N–H and O–H groups in total. The molecule has 1 aliphatic heterocycles. The van der Waals surface area contributed by atoms with Gasteiger partial charge in [-0.05, 0) is 44.5 Å². The highest BCUT2D eigenvalue weighted by Gasteiger charge is 2.30. The molecule has 0 fully saturated rings. The van der Waals surface area contributed by atoms with Gasteiger partial charge in [-0.2, -0.15) is 5.10 Å². The van der Waals surface area contributed by atoms with Crippen molar-refractivity contribution in [2.24, 2.45) is 0 Å². The van der Waals surface area contributed by atoms with E-state index < -0.39 is 5.97 Å². The van der Waals surface area contributed by atoms with Gasteiger partial charge in [0.1, 0.15) is 0 Å². The summed E-state index contributed by atoms with van der Waals surface area (Å²) < 4.78 is 6.76. The predicted octanol–water partition coefficient (Wildman–Crippen LogP) is 2.25. The van der Waals surface area contributed by atoms with E-state index in [4.69, 9.17) is 4.74 Å². The van der Waals surface area contributed by atoms with E-state index in [0.29, 0.717) is 24.2 Å². The Balaban J connectivity index is 1.63. The molecule has 1 unspecified atom stereocenters. The summed E-state index contributed by atoms with van der Waals surface area (Å²) in [5.74, 6) is -0.597. The molecule has 0 saturated carbocycles. The Labute approximate surface area is 167 Å². The standard InChI is InChI=1S/C21H22N4O4/c1-4-29-21(28)18-9-15-11-24(13(3)10-25(15)23-18)20(27)14-5-6-16-12(2)7-19(26)22-17(16)8-14/h5-9,13H,4,10-11H2,1-3H3,(H,22,26). The van der Waals surface area contributed by atoms with Crippen LogP contribution < -0.4 is 5.56 Å². The molecule has 0 radical (unpaired) electrons. The number of esters is 1. The highest BCUT2D eigenvalue weighted by atomic mass is 16.5. The molecular formula is C21H22N4O4. The van der Waals surface area contributed by atoms with Crippen LogP contribution in [0.3, 0.4) is 0 Å². The van der Waals surface area contributed by atoms with E-state index in [9.17, 15) is 14.4 Å². The van der Waals surface area contributed by atoms with Crippen molar-refractivity contribution < 1.29 is 14.3 Å². The van der Waals surface area contributed by atoms with Gasteiger partial charge in [-0.15, -0.1) is 0 Å². The van der Waals surface area contributed by atoms with Gasteiger partial charge < -0.3 is 14.6 Å². The van der Waals surface area contributed by atoms with Crippen LogP contribution in [-0.4, -0.2) is 44.2 Å². The number of ether oxygens (including phenoxy) is 1. The third kappa shape index (κ3) is 3.41. The number of fused-ring (bicyclic) bond motifs is 2. The number of hydrogen-bond donors (Lipinski definition) is 1. The van der Waals surface area contributed by atoms with E-state index in [0.717, 1.165) is 16.6 Å². The number of hydrogen-bond acceptors (Lipinski definition) is 5. The third-order valence-electron chi connectivity index (χ3n) is 5.21. The molecule has 2 aromatic heterocycles. The molecule has 0 bridgehead atoms. The van der Waals surface area contributed by atoms with Crippen molar-refractivity contribution in [2.45, 2.75) is 39.9 Å². The van der Waals surface area contributed by atoms with Crippen LogP contribution in [0.2, 0.25) is 0 Å². The van der Waals surface area contributed by atoms with Crippen LogP contribution in [0.25, 0.3) is 10.9 Å². The van der Waals surface area contributed by atoms with Crippen LogP contribution in [0.1, 0.15) is 46.0 Å². The van der Waals surface area contributed by atoms with Crippen LogP contribution in [0, 0.1) is 6.92 Å². The summed E-state index contributed by atoms with van der Waals surface area (Å²) >= 11 is 0. The van der Waals surface area contributed by atoms with Gasteiger partial charge in [0.15, 0.2) is 5.69 Å². The quantitative estimate of drug-likeness (QED) is 0.687. The van der Waals surface area contributed by atoms with E-state index in [1.54, 1.807) is 40.8 Å². The summed E-state index contributed by atoms with van der Waals surface area (Å²) in [6, 6.07) is 8.46. The lowest BCUT2D eigenvalue weighted by Gasteiger charge is -2.34. The van der Waals surface area contributed by atoms with Crippen LogP contribution >= 0.6 is 0 Å². The topological polar surface area (TPSA) is 97.3 Å². The zero-order chi connectivity index (χ0) is 20.7. The molecule has 1 aliphatic rings. The first-order valence-corrected chi connectivity index (χ1v) is 9.56. The monoisotopic (exact) mass is 394 g/mol. The minimum Gasteiger partial charge on any atom is -0.461 e. The van der Waals surface area contributed by atoms with Gasteiger partial charge >= 0.3 is 5.97 Å². The fraction of sp³-hybridized carbons (Fsp3) is 0.333. The Bertz CT molecular complexity index is 1180. The first kappa shape index (κ1) is 18.9. The largest absolute Gasteiger partial charge is 0.461 e. The molecule has 0 saturated heterocycles. The van der Waals surface area contributed by atoms with Crippen molar-refractivity contribution in [3.05, 3.63) is 63.2 Å². The summed E-state index contributed by atoms with van der Waals surface area (Å²) in [6.45, 7) is 6.67. The van der Waals surface area contributed by atoms with Crippen molar-refractivity contribution >= 4 is 22.8 Å². The first-order valence-electron chi connectivity index (χ1n) is 9.56. The number of aromatic nitrogens is 3. The molecule has 3 aromatic rings. The van der Waals surface area contributed by atoms with Gasteiger partial charge in [0.05, 0.1) is 25.4 Å². The minimum atomic E-state index is -0.464. The molecule has 4 rings (SSSR count). The second-order valence-electron chi connectivity index (χ2n) is 7.28. The molecule has 0 spiro atoms. The number of benzene rings is 1. The number of nitrogens with one attached hydrogen (secondary N) is 1. The Kier molecular flexibility index (Phi) is 4.70. The van der Waals surface area contributed by atoms with Gasteiger partial charge in [-0.25, -0.2) is 4.79 Å². The minimum absolute atomic E-state index is 0.0998. The zero-order valence-corrected chi connectivity index (χ0v) is 16.6. The van der Waals surface area contributed by atoms with E-state index >= 15 is 0 Å². The predicted molar refractivity (Wildman–Crippen MR) is 107 cm³/mol. The fourth-order valence-corrected chi connectivity index (χ4v) is 3.73. The maximum Gasteiger partial charge on any atom is 0.358 e. The lowest BCUT2D eigenvalue weighted by molar-refractivity contribution is 0.0514. The van der Waals surface area contributed by atoms with E-state index in [1.165, 1.54) is 0 Å². The zero-order valence-electron chi connectivity index (χ0n) is 16.6. The molecule has 150 valence electrons. The molecule has 29 heavy (non-hydrogen) atoms. The number of amides is 1. The Morgan fingerprint density at radius 1 is 1.28 bits per heavy atom. The highest BCUT2D eigenvalue weighted by Crippen LogP contribution is 2.23. The molecule has 0 aliphatic carbocycles. The normalized spacial score (nSPS) is 16.0. The Hall–Kier alpha value is -3.42. The molecule has 3 heterocycles. The number of H-pyrrole nitrogens is 1. The Morgan fingerprint density at radius 2 is 2.07 bits per heavy atom. The van der Waals surface area contributed by atoms with Gasteiger partial charge in [-0.1, -0.05) is 6.07 Å². The van der Waals surface area contributed by atoms with E-state index in [2.05, 4.69) is 10.1 Å². The highest BCUT2D eigenvalue weighted by molar-refractivity contribution is 5.98. The number of rotatable bonds is 3. The number of pyridine rings is 1. The summed E-state index contributed by atoms with van der Waals surface area (Å²) in [5.41, 5.74) is 2.85. The molecule has 1 amide bonds. The number of carbonyl (C=O) groups excluding carboxylic acids is 2. The maximum absolute atomic E-state index is 13.2. The lowest BCUT2D eigenvalue weighted by Crippen LogP contribution is -2.44. The maximum atomic E-state index is 13.2. The second-order valence-corrected chi connectivity index (χ2v) is 7.28. The smallest absolute Gasteiger partial charge is 0.358 e. The average Bonchev–Trinajstić information content (AvgIpc) is 3.09. The first-order chi connectivity index (χ1) is 13.9. The van der Waals surface area contributed by atoms with Crippen LogP contribution in [0.15, 0.2) is 35.1 Å². The second kappa shape index (κ2) is 7.20. The summed E-state index contributed by atoms with van der Waals surface area (Å²) in [6.07, 6.45) is 0. The van der Waals surface area contributed by atoms with Gasteiger partial charge in [0, 0.05) is 28.6 Å². The van der Waals surface area contributed by atoms with E-state index in [1.807, 2.05) is 19.9 Å². The molecule has 8 heteroatoms. The van der Waals surface area contributed by atoms with E-state index in [-0.39, 0.29) is 29.8 Å². The van der Waals surface area contributed by atoms with Crippen molar-refractivity contribution in [1.29, 1.82) is 0 Å². The fourth-order valence-electron chi connectivity index (χ4n) is 3.73. The lowest BCUT2D eigenvalue weighted by atomic mass is 10.1.